The number of hydrogen-bond donors (Lipinski definition) is 1. The van der Waals surface area contributed by atoms with E-state index in [1.807, 2.05) is 7.05 Å². The maximum absolute atomic E-state index is 13.9. The zero-order valence-corrected chi connectivity index (χ0v) is 13.8. The molecule has 0 fully saturated rings. The first kappa shape index (κ1) is 16.3. The molecule has 112 valence electrons. The molecule has 0 aromatic heterocycles. The van der Waals surface area contributed by atoms with Gasteiger partial charge in [0.2, 0.25) is 0 Å². The van der Waals surface area contributed by atoms with Crippen molar-refractivity contribution in [2.45, 2.75) is 24.3 Å². The fourth-order valence-corrected chi connectivity index (χ4v) is 3.25. The Labute approximate surface area is 134 Å². The van der Waals surface area contributed by atoms with Crippen LogP contribution in [0.25, 0.3) is 0 Å². The second-order valence-corrected chi connectivity index (χ2v) is 6.53. The molecule has 0 aliphatic carbocycles. The van der Waals surface area contributed by atoms with Gasteiger partial charge in [-0.05, 0) is 44.2 Å². The van der Waals surface area contributed by atoms with Crippen LogP contribution >= 0.6 is 23.4 Å². The van der Waals surface area contributed by atoms with Crippen LogP contribution in [0, 0.1) is 12.7 Å². The first-order valence-corrected chi connectivity index (χ1v) is 8.26. The predicted octanol–water partition coefficient (Wildman–Crippen LogP) is 4.71. The van der Waals surface area contributed by atoms with Gasteiger partial charge in [-0.25, -0.2) is 4.39 Å². The van der Waals surface area contributed by atoms with Crippen molar-refractivity contribution in [3.05, 3.63) is 64.4 Å². The van der Waals surface area contributed by atoms with Gasteiger partial charge in [-0.15, -0.1) is 11.8 Å². The summed E-state index contributed by atoms with van der Waals surface area (Å²) in [6, 6.07) is 13.8. The molecule has 1 unspecified atom stereocenters. The molecule has 1 nitrogen and oxygen atoms in total. The number of thioether (sulfide) groups is 1. The first-order valence-electron chi connectivity index (χ1n) is 6.89. The Morgan fingerprint density at radius 2 is 1.90 bits per heavy atom. The summed E-state index contributed by atoms with van der Waals surface area (Å²) in [5.41, 5.74) is 1.91. The van der Waals surface area contributed by atoms with Crippen molar-refractivity contribution < 1.29 is 4.39 Å². The van der Waals surface area contributed by atoms with Gasteiger partial charge in [0, 0.05) is 16.7 Å². The number of benzene rings is 2. The molecule has 2 rings (SSSR count). The number of rotatable bonds is 6. The summed E-state index contributed by atoms with van der Waals surface area (Å²) in [7, 11) is 1.91. The van der Waals surface area contributed by atoms with Crippen molar-refractivity contribution in [1.29, 1.82) is 0 Å². The van der Waals surface area contributed by atoms with E-state index >= 15 is 0 Å². The third kappa shape index (κ3) is 4.73. The normalized spacial score (nSPS) is 12.4. The lowest BCUT2D eigenvalue weighted by atomic mass is 10.1. The van der Waals surface area contributed by atoms with E-state index in [0.29, 0.717) is 12.0 Å². The zero-order chi connectivity index (χ0) is 15.2. The fourth-order valence-electron chi connectivity index (χ4n) is 2.05. The monoisotopic (exact) mass is 323 g/mol. The molecule has 0 amide bonds. The van der Waals surface area contributed by atoms with E-state index in [0.717, 1.165) is 5.75 Å². The van der Waals surface area contributed by atoms with Crippen molar-refractivity contribution in [1.82, 2.24) is 5.32 Å². The summed E-state index contributed by atoms with van der Waals surface area (Å²) in [6.45, 7) is 2.08. The Kier molecular flexibility index (Phi) is 6.09. The van der Waals surface area contributed by atoms with Gasteiger partial charge in [0.15, 0.2) is 0 Å². The predicted molar refractivity (Wildman–Crippen MR) is 89.9 cm³/mol. The highest BCUT2D eigenvalue weighted by Gasteiger charge is 2.13. The number of likely N-dealkylation sites (N-methyl/N-ethyl adjacent to an activating group) is 1. The van der Waals surface area contributed by atoms with Crippen LogP contribution in [-0.4, -0.2) is 18.8 Å². The van der Waals surface area contributed by atoms with Gasteiger partial charge >= 0.3 is 0 Å². The average molecular weight is 324 g/mol. The molecular weight excluding hydrogens is 305 g/mol. The van der Waals surface area contributed by atoms with E-state index < -0.39 is 0 Å². The highest BCUT2D eigenvalue weighted by atomic mass is 35.5. The second-order valence-electron chi connectivity index (χ2n) is 5.03. The molecule has 1 N–H and O–H groups in total. The van der Waals surface area contributed by atoms with Crippen molar-refractivity contribution in [3.8, 4) is 0 Å². The van der Waals surface area contributed by atoms with Gasteiger partial charge < -0.3 is 5.32 Å². The Morgan fingerprint density at radius 3 is 2.57 bits per heavy atom. The number of hydrogen-bond acceptors (Lipinski definition) is 2. The minimum atomic E-state index is -0.306. The molecule has 0 saturated carbocycles. The topological polar surface area (TPSA) is 12.0 Å². The van der Waals surface area contributed by atoms with Crippen LogP contribution < -0.4 is 5.32 Å². The third-order valence-corrected chi connectivity index (χ3v) is 4.84. The number of nitrogens with one attached hydrogen (secondary N) is 1. The molecule has 0 spiro atoms. The van der Waals surface area contributed by atoms with Crippen LogP contribution in [0.3, 0.4) is 0 Å². The lowest BCUT2D eigenvalue weighted by Gasteiger charge is -2.16. The lowest BCUT2D eigenvalue weighted by Crippen LogP contribution is -2.30. The average Bonchev–Trinajstić information content (AvgIpc) is 2.49. The molecule has 0 saturated heterocycles. The molecule has 0 heterocycles. The van der Waals surface area contributed by atoms with Gasteiger partial charge in [0.1, 0.15) is 5.82 Å². The molecule has 1 atom stereocenters. The van der Waals surface area contributed by atoms with Gasteiger partial charge in [-0.3, -0.25) is 0 Å². The quantitative estimate of drug-likeness (QED) is 0.773. The van der Waals surface area contributed by atoms with E-state index in [2.05, 4.69) is 36.5 Å². The summed E-state index contributed by atoms with van der Waals surface area (Å²) < 4.78 is 13.9. The van der Waals surface area contributed by atoms with Crippen LogP contribution in [0.15, 0.2) is 47.4 Å². The van der Waals surface area contributed by atoms with E-state index in [-0.39, 0.29) is 16.9 Å². The van der Waals surface area contributed by atoms with Gasteiger partial charge in [-0.2, -0.15) is 0 Å². The minimum absolute atomic E-state index is 0.188. The maximum Gasteiger partial charge on any atom is 0.145 e. The summed E-state index contributed by atoms with van der Waals surface area (Å²) in [4.78, 5) is 1.23. The molecule has 0 bridgehead atoms. The summed E-state index contributed by atoms with van der Waals surface area (Å²) in [5, 5.41) is 3.44. The zero-order valence-electron chi connectivity index (χ0n) is 12.2. The highest BCUT2D eigenvalue weighted by Crippen LogP contribution is 2.22. The molecule has 0 aliphatic heterocycles. The molecule has 2 aromatic carbocycles. The lowest BCUT2D eigenvalue weighted by molar-refractivity contribution is 0.568. The van der Waals surface area contributed by atoms with Crippen molar-refractivity contribution in [3.63, 3.8) is 0 Å². The Morgan fingerprint density at radius 1 is 1.19 bits per heavy atom. The van der Waals surface area contributed by atoms with Crippen molar-refractivity contribution in [2.75, 3.05) is 12.8 Å². The van der Waals surface area contributed by atoms with E-state index in [1.165, 1.54) is 10.5 Å². The van der Waals surface area contributed by atoms with Gasteiger partial charge in [0.25, 0.3) is 0 Å². The molecule has 21 heavy (non-hydrogen) atoms. The Hall–Kier alpha value is -1.03. The van der Waals surface area contributed by atoms with Crippen LogP contribution in [-0.2, 0) is 6.42 Å². The SMILES string of the molecule is CNC(CSc1ccc(C)cc1)Cc1cccc(Cl)c1F. The number of aryl methyl sites for hydroxylation is 1. The van der Waals surface area contributed by atoms with Gasteiger partial charge in [0.05, 0.1) is 5.02 Å². The minimum Gasteiger partial charge on any atom is -0.316 e. The van der Waals surface area contributed by atoms with E-state index in [9.17, 15) is 4.39 Å². The van der Waals surface area contributed by atoms with Crippen LogP contribution in [0.1, 0.15) is 11.1 Å². The summed E-state index contributed by atoms with van der Waals surface area (Å²) in [6.07, 6.45) is 0.627. The van der Waals surface area contributed by atoms with Gasteiger partial charge in [-0.1, -0.05) is 41.4 Å². The number of halogens is 2. The fraction of sp³-hybridized carbons (Fsp3) is 0.294. The molecule has 0 aliphatic rings. The van der Waals surface area contributed by atoms with E-state index in [4.69, 9.17) is 11.6 Å². The molecule has 0 radical (unpaired) electrons. The van der Waals surface area contributed by atoms with E-state index in [1.54, 1.807) is 30.0 Å². The maximum atomic E-state index is 13.9. The van der Waals surface area contributed by atoms with Crippen molar-refractivity contribution in [2.24, 2.45) is 0 Å². The van der Waals surface area contributed by atoms with Crippen LogP contribution in [0.4, 0.5) is 4.39 Å². The third-order valence-electron chi connectivity index (χ3n) is 3.38. The van der Waals surface area contributed by atoms with Crippen LogP contribution in [0.5, 0.6) is 0 Å². The Balaban J connectivity index is 1.97. The first-order chi connectivity index (χ1) is 10.1. The molecular formula is C17H19ClFNS. The second kappa shape index (κ2) is 7.83. The summed E-state index contributed by atoms with van der Waals surface area (Å²) >= 11 is 7.60. The standard InChI is InChI=1S/C17H19ClFNS/c1-12-6-8-15(9-7-12)21-11-14(20-2)10-13-4-3-5-16(18)17(13)19/h3-9,14,20H,10-11H2,1-2H3. The largest absolute Gasteiger partial charge is 0.316 e. The highest BCUT2D eigenvalue weighted by molar-refractivity contribution is 7.99. The van der Waals surface area contributed by atoms with Crippen LogP contribution in [0.2, 0.25) is 5.02 Å². The Bertz CT molecular complexity index is 586. The molecule has 2 aromatic rings. The van der Waals surface area contributed by atoms with Crippen molar-refractivity contribution >= 4 is 23.4 Å². The summed E-state index contributed by atoms with van der Waals surface area (Å²) in [5.74, 6) is 0.575. The molecule has 4 heteroatoms. The smallest absolute Gasteiger partial charge is 0.145 e.